The number of hydrogen-bond donors (Lipinski definition) is 0. The van der Waals surface area contributed by atoms with Gasteiger partial charge in [0.15, 0.2) is 5.82 Å². The predicted octanol–water partition coefficient (Wildman–Crippen LogP) is 3.19. The SMILES string of the molecule is CN(c1ccc(N=O)cc1)c1nnnc2ccccc12. The van der Waals surface area contributed by atoms with Gasteiger partial charge in [-0.2, -0.15) is 0 Å². The van der Waals surface area contributed by atoms with Crippen LogP contribution in [0.25, 0.3) is 10.9 Å². The summed E-state index contributed by atoms with van der Waals surface area (Å²) in [4.78, 5) is 12.3. The van der Waals surface area contributed by atoms with Gasteiger partial charge >= 0.3 is 0 Å². The van der Waals surface area contributed by atoms with Crippen molar-refractivity contribution in [2.24, 2.45) is 5.18 Å². The minimum atomic E-state index is 0.396. The number of rotatable bonds is 3. The van der Waals surface area contributed by atoms with Gasteiger partial charge in [-0.3, -0.25) is 0 Å². The van der Waals surface area contributed by atoms with Crippen LogP contribution >= 0.6 is 0 Å². The van der Waals surface area contributed by atoms with Crippen LogP contribution in [0.2, 0.25) is 0 Å². The first-order valence-corrected chi connectivity index (χ1v) is 6.05. The van der Waals surface area contributed by atoms with Gasteiger partial charge in [-0.15, -0.1) is 15.1 Å². The van der Waals surface area contributed by atoms with Crippen LogP contribution in [0.15, 0.2) is 53.7 Å². The molecule has 2 aromatic carbocycles. The number of fused-ring (bicyclic) bond motifs is 1. The molecule has 1 aromatic heterocycles. The lowest BCUT2D eigenvalue weighted by molar-refractivity contribution is 0.882. The lowest BCUT2D eigenvalue weighted by Crippen LogP contribution is -2.12. The van der Waals surface area contributed by atoms with Crippen molar-refractivity contribution >= 4 is 28.1 Å². The van der Waals surface area contributed by atoms with E-state index in [1.807, 2.05) is 48.3 Å². The smallest absolute Gasteiger partial charge is 0.166 e. The standard InChI is InChI=1S/C14H11N5O/c1-19(11-8-6-10(17-20)7-9-11)14-12-4-2-3-5-13(12)15-18-16-14/h2-9H,1H3. The lowest BCUT2D eigenvalue weighted by atomic mass is 10.2. The van der Waals surface area contributed by atoms with Crippen molar-refractivity contribution in [3.8, 4) is 0 Å². The van der Waals surface area contributed by atoms with Gasteiger partial charge in [-0.25, -0.2) is 0 Å². The van der Waals surface area contributed by atoms with Crippen LogP contribution in [-0.4, -0.2) is 22.5 Å². The summed E-state index contributed by atoms with van der Waals surface area (Å²) in [5, 5.41) is 15.7. The first-order valence-electron chi connectivity index (χ1n) is 6.05. The molecule has 0 spiro atoms. The number of aromatic nitrogens is 3. The lowest BCUT2D eigenvalue weighted by Gasteiger charge is -2.18. The van der Waals surface area contributed by atoms with Gasteiger partial charge in [0.25, 0.3) is 0 Å². The van der Waals surface area contributed by atoms with Gasteiger partial charge in [-0.1, -0.05) is 12.1 Å². The monoisotopic (exact) mass is 265 g/mol. The van der Waals surface area contributed by atoms with E-state index in [9.17, 15) is 4.91 Å². The molecule has 20 heavy (non-hydrogen) atoms. The van der Waals surface area contributed by atoms with Crippen LogP contribution in [-0.2, 0) is 0 Å². The molecule has 6 nitrogen and oxygen atoms in total. The molecule has 0 aliphatic rings. The fraction of sp³-hybridized carbons (Fsp3) is 0.0714. The molecule has 0 aliphatic carbocycles. The van der Waals surface area contributed by atoms with Gasteiger partial charge in [0.1, 0.15) is 5.69 Å². The third kappa shape index (κ3) is 2.07. The van der Waals surface area contributed by atoms with E-state index in [2.05, 4.69) is 20.6 Å². The molecule has 0 atom stereocenters. The zero-order chi connectivity index (χ0) is 13.9. The molecule has 0 radical (unpaired) electrons. The number of nitrogens with zero attached hydrogens (tertiary/aromatic N) is 5. The largest absolute Gasteiger partial charge is 0.327 e. The van der Waals surface area contributed by atoms with Crippen LogP contribution in [0.1, 0.15) is 0 Å². The van der Waals surface area contributed by atoms with E-state index in [0.29, 0.717) is 11.5 Å². The first kappa shape index (κ1) is 12.2. The molecule has 0 N–H and O–H groups in total. The van der Waals surface area contributed by atoms with Crippen molar-refractivity contribution in [3.63, 3.8) is 0 Å². The molecule has 0 unspecified atom stereocenters. The molecule has 6 heteroatoms. The fourth-order valence-electron chi connectivity index (χ4n) is 2.02. The Kier molecular flexibility index (Phi) is 3.04. The van der Waals surface area contributed by atoms with Crippen LogP contribution in [0.4, 0.5) is 17.2 Å². The Balaban J connectivity index is 2.07. The molecule has 3 rings (SSSR count). The zero-order valence-electron chi connectivity index (χ0n) is 10.8. The normalized spacial score (nSPS) is 10.4. The summed E-state index contributed by atoms with van der Waals surface area (Å²) in [5.74, 6) is 0.711. The summed E-state index contributed by atoms with van der Waals surface area (Å²) in [6, 6.07) is 14.6. The average Bonchev–Trinajstić information content (AvgIpc) is 2.54. The fourth-order valence-corrected chi connectivity index (χ4v) is 2.02. The van der Waals surface area contributed by atoms with Gasteiger partial charge in [0.05, 0.1) is 5.52 Å². The van der Waals surface area contributed by atoms with Crippen molar-refractivity contribution in [2.45, 2.75) is 0 Å². The summed E-state index contributed by atoms with van der Waals surface area (Å²) in [6.45, 7) is 0. The quantitative estimate of drug-likeness (QED) is 0.680. The van der Waals surface area contributed by atoms with E-state index >= 15 is 0 Å². The average molecular weight is 265 g/mol. The van der Waals surface area contributed by atoms with Gasteiger partial charge in [0, 0.05) is 18.1 Å². The van der Waals surface area contributed by atoms with Crippen molar-refractivity contribution < 1.29 is 0 Å². The number of anilines is 2. The Hall–Kier alpha value is -2.89. The Labute approximate surface area is 115 Å². The van der Waals surface area contributed by atoms with Crippen molar-refractivity contribution in [1.82, 2.24) is 15.4 Å². The molecule has 0 saturated heterocycles. The number of hydrogen-bond acceptors (Lipinski definition) is 6. The summed E-state index contributed by atoms with van der Waals surface area (Å²) in [6.07, 6.45) is 0. The van der Waals surface area contributed by atoms with E-state index < -0.39 is 0 Å². The van der Waals surface area contributed by atoms with Crippen molar-refractivity contribution in [1.29, 1.82) is 0 Å². The minimum Gasteiger partial charge on any atom is -0.327 e. The van der Waals surface area contributed by atoms with Gasteiger partial charge in [-0.05, 0) is 46.8 Å². The molecule has 0 saturated carbocycles. The van der Waals surface area contributed by atoms with E-state index in [1.54, 1.807) is 12.1 Å². The van der Waals surface area contributed by atoms with Crippen LogP contribution in [0.5, 0.6) is 0 Å². The van der Waals surface area contributed by atoms with E-state index in [0.717, 1.165) is 16.6 Å². The minimum absolute atomic E-state index is 0.396. The summed E-state index contributed by atoms with van der Waals surface area (Å²) in [7, 11) is 1.89. The second-order valence-electron chi connectivity index (χ2n) is 4.30. The molecular weight excluding hydrogens is 254 g/mol. The molecule has 0 aliphatic heterocycles. The maximum atomic E-state index is 10.4. The van der Waals surface area contributed by atoms with Crippen LogP contribution < -0.4 is 4.90 Å². The maximum Gasteiger partial charge on any atom is 0.166 e. The second kappa shape index (κ2) is 5.00. The van der Waals surface area contributed by atoms with E-state index in [-0.39, 0.29) is 0 Å². The molecular formula is C14H11N5O. The third-order valence-electron chi connectivity index (χ3n) is 3.10. The van der Waals surface area contributed by atoms with E-state index in [1.165, 1.54) is 0 Å². The number of benzene rings is 2. The maximum absolute atomic E-state index is 10.4. The summed E-state index contributed by atoms with van der Waals surface area (Å²) in [5.41, 5.74) is 2.08. The third-order valence-corrected chi connectivity index (χ3v) is 3.10. The van der Waals surface area contributed by atoms with Crippen molar-refractivity contribution in [2.75, 3.05) is 11.9 Å². The second-order valence-corrected chi connectivity index (χ2v) is 4.30. The predicted molar refractivity (Wildman–Crippen MR) is 77.3 cm³/mol. The molecule has 1 heterocycles. The Morgan fingerprint density at radius 1 is 1.00 bits per heavy atom. The van der Waals surface area contributed by atoms with Crippen LogP contribution in [0.3, 0.4) is 0 Å². The Morgan fingerprint density at radius 3 is 2.50 bits per heavy atom. The molecule has 0 bridgehead atoms. The highest BCUT2D eigenvalue weighted by Gasteiger charge is 2.11. The highest BCUT2D eigenvalue weighted by atomic mass is 16.3. The molecule has 0 amide bonds. The van der Waals surface area contributed by atoms with Gasteiger partial charge in [0.2, 0.25) is 0 Å². The Bertz CT molecular complexity index is 752. The summed E-state index contributed by atoms with van der Waals surface area (Å²) >= 11 is 0. The molecule has 0 fully saturated rings. The van der Waals surface area contributed by atoms with Crippen molar-refractivity contribution in [3.05, 3.63) is 53.4 Å². The highest BCUT2D eigenvalue weighted by Crippen LogP contribution is 2.28. The van der Waals surface area contributed by atoms with E-state index in [4.69, 9.17) is 0 Å². The topological polar surface area (TPSA) is 71.3 Å². The molecule has 3 aromatic rings. The molecule has 98 valence electrons. The van der Waals surface area contributed by atoms with Gasteiger partial charge < -0.3 is 4.90 Å². The summed E-state index contributed by atoms with van der Waals surface area (Å²) < 4.78 is 0. The van der Waals surface area contributed by atoms with Crippen LogP contribution in [0, 0.1) is 4.91 Å². The number of nitroso groups, excluding NO2 is 1. The zero-order valence-corrected chi connectivity index (χ0v) is 10.8. The Morgan fingerprint density at radius 2 is 1.75 bits per heavy atom. The highest BCUT2D eigenvalue weighted by molar-refractivity contribution is 5.90. The first-order chi connectivity index (χ1) is 9.79.